The monoisotopic (exact) mass is 257 g/mol. The Labute approximate surface area is 115 Å². The molecule has 0 bridgehead atoms. The Balaban J connectivity index is 2.35. The number of fused-ring (bicyclic) bond motifs is 1. The number of benzene rings is 1. The van der Waals surface area contributed by atoms with Crippen molar-refractivity contribution in [1.29, 1.82) is 0 Å². The number of aryl methyl sites for hydroxylation is 1. The number of allylic oxidation sites excluding steroid dienone is 1. The number of carbonyl (C=O) groups is 1. The summed E-state index contributed by atoms with van der Waals surface area (Å²) in [5.41, 5.74) is 3.44. The van der Waals surface area contributed by atoms with Crippen LogP contribution < -0.4 is 5.32 Å². The Morgan fingerprint density at radius 2 is 2.32 bits per heavy atom. The normalized spacial score (nSPS) is 21.7. The minimum atomic E-state index is 0.384. The third-order valence-electron chi connectivity index (χ3n) is 4.02. The predicted molar refractivity (Wildman–Crippen MR) is 79.8 cm³/mol. The highest BCUT2D eigenvalue weighted by Crippen LogP contribution is 2.36. The van der Waals surface area contributed by atoms with Crippen molar-refractivity contribution in [3.63, 3.8) is 0 Å². The van der Waals surface area contributed by atoms with Crippen LogP contribution in [0.3, 0.4) is 0 Å². The largest absolute Gasteiger partial charge is 0.313 e. The Hall–Kier alpha value is -1.41. The quantitative estimate of drug-likeness (QED) is 0.624. The van der Waals surface area contributed by atoms with Gasteiger partial charge in [-0.15, -0.1) is 6.58 Å². The molecule has 1 aromatic rings. The molecule has 0 fully saturated rings. The molecular weight excluding hydrogens is 234 g/mol. The average Bonchev–Trinajstić information content (AvgIpc) is 2.45. The van der Waals surface area contributed by atoms with Crippen molar-refractivity contribution in [1.82, 2.24) is 5.32 Å². The van der Waals surface area contributed by atoms with Gasteiger partial charge in [-0.3, -0.25) is 4.79 Å². The van der Waals surface area contributed by atoms with Crippen molar-refractivity contribution >= 4 is 6.29 Å². The van der Waals surface area contributed by atoms with Crippen LogP contribution in [-0.4, -0.2) is 18.9 Å². The fourth-order valence-corrected chi connectivity index (χ4v) is 3.15. The number of hydrogen-bond acceptors (Lipinski definition) is 2. The fourth-order valence-electron chi connectivity index (χ4n) is 3.15. The summed E-state index contributed by atoms with van der Waals surface area (Å²) in [4.78, 5) is 11.3. The molecule has 0 heterocycles. The molecule has 0 radical (unpaired) electrons. The van der Waals surface area contributed by atoms with Gasteiger partial charge in [-0.2, -0.15) is 0 Å². The third-order valence-corrected chi connectivity index (χ3v) is 4.02. The van der Waals surface area contributed by atoms with Gasteiger partial charge in [0.1, 0.15) is 6.29 Å². The number of carbonyl (C=O) groups excluding carboxylic acids is 1. The second kappa shape index (κ2) is 6.67. The van der Waals surface area contributed by atoms with Crippen molar-refractivity contribution in [2.45, 2.75) is 44.6 Å². The van der Waals surface area contributed by atoms with Gasteiger partial charge in [0.05, 0.1) is 0 Å². The first kappa shape index (κ1) is 14.0. The fraction of sp³-hybridized carbons (Fsp3) is 0.471. The number of hydrogen-bond donors (Lipinski definition) is 1. The summed E-state index contributed by atoms with van der Waals surface area (Å²) in [7, 11) is 0. The van der Waals surface area contributed by atoms with Gasteiger partial charge < -0.3 is 5.32 Å². The van der Waals surface area contributed by atoms with Gasteiger partial charge in [0, 0.05) is 17.5 Å². The van der Waals surface area contributed by atoms with E-state index in [1.54, 1.807) is 0 Å². The first-order chi connectivity index (χ1) is 9.31. The zero-order valence-electron chi connectivity index (χ0n) is 11.7. The van der Waals surface area contributed by atoms with Crippen LogP contribution in [0.5, 0.6) is 0 Å². The number of aldehydes is 1. The van der Waals surface area contributed by atoms with E-state index in [0.717, 1.165) is 44.1 Å². The molecule has 0 saturated carbocycles. The lowest BCUT2D eigenvalue weighted by Crippen LogP contribution is -2.39. The maximum absolute atomic E-state index is 11.3. The smallest absolute Gasteiger partial charge is 0.150 e. The van der Waals surface area contributed by atoms with Crippen LogP contribution in [0.15, 0.2) is 30.9 Å². The van der Waals surface area contributed by atoms with Crippen LogP contribution in [0.1, 0.15) is 53.6 Å². The molecule has 0 aromatic heterocycles. The summed E-state index contributed by atoms with van der Waals surface area (Å²) in [6.45, 7) is 7.10. The van der Waals surface area contributed by atoms with Crippen molar-refractivity contribution in [3.8, 4) is 0 Å². The van der Waals surface area contributed by atoms with Crippen LogP contribution in [-0.2, 0) is 6.42 Å². The van der Waals surface area contributed by atoms with Gasteiger partial charge in [0.25, 0.3) is 0 Å². The second-order valence-corrected chi connectivity index (χ2v) is 5.27. The summed E-state index contributed by atoms with van der Waals surface area (Å²) in [5.74, 6) is 0.384. The standard InChI is InChI=1S/C17H23NO/c1-3-6-15-16(18-11-4-2)10-9-13-7-5-8-14(12-19)17(13)15/h3,5,7-8,12,15-16,18H,1,4,6,9-11H2,2H3/t15-,16-/m1/s1. The second-order valence-electron chi connectivity index (χ2n) is 5.27. The van der Waals surface area contributed by atoms with Crippen molar-refractivity contribution in [2.24, 2.45) is 0 Å². The van der Waals surface area contributed by atoms with Crippen LogP contribution in [0.2, 0.25) is 0 Å². The summed E-state index contributed by atoms with van der Waals surface area (Å²) < 4.78 is 0. The maximum atomic E-state index is 11.3. The zero-order valence-corrected chi connectivity index (χ0v) is 11.7. The van der Waals surface area contributed by atoms with E-state index in [0.29, 0.717) is 12.0 Å². The van der Waals surface area contributed by atoms with Crippen LogP contribution in [0.25, 0.3) is 0 Å². The molecule has 1 aliphatic carbocycles. The molecule has 2 rings (SSSR count). The minimum Gasteiger partial charge on any atom is -0.313 e. The molecule has 1 aromatic carbocycles. The van der Waals surface area contributed by atoms with E-state index in [2.05, 4.69) is 24.9 Å². The van der Waals surface area contributed by atoms with Gasteiger partial charge in [-0.1, -0.05) is 31.2 Å². The van der Waals surface area contributed by atoms with E-state index in [4.69, 9.17) is 0 Å². The zero-order chi connectivity index (χ0) is 13.7. The van der Waals surface area contributed by atoms with Crippen LogP contribution in [0, 0.1) is 0 Å². The van der Waals surface area contributed by atoms with E-state index in [1.807, 2.05) is 18.2 Å². The number of nitrogens with one attached hydrogen (secondary N) is 1. The summed E-state index contributed by atoms with van der Waals surface area (Å²) >= 11 is 0. The van der Waals surface area contributed by atoms with Gasteiger partial charge in [0.2, 0.25) is 0 Å². The average molecular weight is 257 g/mol. The van der Waals surface area contributed by atoms with E-state index in [9.17, 15) is 4.79 Å². The van der Waals surface area contributed by atoms with E-state index in [-0.39, 0.29) is 0 Å². The maximum Gasteiger partial charge on any atom is 0.150 e. The summed E-state index contributed by atoms with van der Waals surface area (Å²) in [5, 5.41) is 3.63. The molecule has 0 unspecified atom stereocenters. The topological polar surface area (TPSA) is 29.1 Å². The molecule has 0 saturated heterocycles. The Kier molecular flexibility index (Phi) is 4.92. The lowest BCUT2D eigenvalue weighted by molar-refractivity contribution is 0.112. The predicted octanol–water partition coefficient (Wildman–Crippen LogP) is 3.47. The van der Waals surface area contributed by atoms with Gasteiger partial charge in [0.15, 0.2) is 0 Å². The Bertz CT molecular complexity index is 453. The SMILES string of the molecule is C=CC[C@H]1c2c(C=O)cccc2CC[C@H]1NCCC. The molecule has 102 valence electrons. The molecule has 0 aliphatic heterocycles. The van der Waals surface area contributed by atoms with E-state index < -0.39 is 0 Å². The van der Waals surface area contributed by atoms with Gasteiger partial charge in [-0.05, 0) is 43.4 Å². The molecule has 1 N–H and O–H groups in total. The van der Waals surface area contributed by atoms with Gasteiger partial charge >= 0.3 is 0 Å². The molecule has 2 atom stereocenters. The van der Waals surface area contributed by atoms with Crippen molar-refractivity contribution in [3.05, 3.63) is 47.5 Å². The molecule has 1 aliphatic rings. The van der Waals surface area contributed by atoms with Crippen LogP contribution >= 0.6 is 0 Å². The summed E-state index contributed by atoms with van der Waals surface area (Å²) in [6, 6.07) is 6.55. The Morgan fingerprint density at radius 1 is 1.47 bits per heavy atom. The molecular formula is C17H23NO. The highest BCUT2D eigenvalue weighted by molar-refractivity contribution is 5.78. The summed E-state index contributed by atoms with van der Waals surface area (Å²) in [6.07, 6.45) is 7.25. The third kappa shape index (κ3) is 2.95. The molecule has 0 spiro atoms. The minimum absolute atomic E-state index is 0.384. The van der Waals surface area contributed by atoms with Crippen molar-refractivity contribution in [2.75, 3.05) is 6.54 Å². The van der Waals surface area contributed by atoms with Gasteiger partial charge in [-0.25, -0.2) is 0 Å². The van der Waals surface area contributed by atoms with E-state index in [1.165, 1.54) is 11.1 Å². The molecule has 19 heavy (non-hydrogen) atoms. The van der Waals surface area contributed by atoms with Crippen LogP contribution in [0.4, 0.5) is 0 Å². The highest BCUT2D eigenvalue weighted by atomic mass is 16.1. The molecule has 2 heteroatoms. The number of rotatable bonds is 6. The first-order valence-electron chi connectivity index (χ1n) is 7.23. The highest BCUT2D eigenvalue weighted by Gasteiger charge is 2.29. The van der Waals surface area contributed by atoms with Crippen molar-refractivity contribution < 1.29 is 4.79 Å². The Morgan fingerprint density at radius 3 is 3.00 bits per heavy atom. The lowest BCUT2D eigenvalue weighted by Gasteiger charge is -2.35. The lowest BCUT2D eigenvalue weighted by atomic mass is 9.75. The molecule has 2 nitrogen and oxygen atoms in total. The van der Waals surface area contributed by atoms with E-state index >= 15 is 0 Å². The first-order valence-corrected chi connectivity index (χ1v) is 7.23. The molecule has 0 amide bonds.